The number of hydrogen-bond donors (Lipinski definition) is 0. The van der Waals surface area contributed by atoms with E-state index in [4.69, 9.17) is 9.47 Å². The predicted octanol–water partition coefficient (Wildman–Crippen LogP) is 4.39. The number of aromatic nitrogens is 1. The molecule has 0 bridgehead atoms. The highest BCUT2D eigenvalue weighted by Crippen LogP contribution is 2.37. The number of benzene rings is 2. The molecule has 3 heteroatoms. The molecule has 3 nitrogen and oxygen atoms in total. The summed E-state index contributed by atoms with van der Waals surface area (Å²) in [6, 6.07) is 19.7. The fourth-order valence-corrected chi connectivity index (χ4v) is 2.44. The molecule has 4 rings (SSSR count). The lowest BCUT2D eigenvalue weighted by atomic mass is 10.1. The van der Waals surface area contributed by atoms with Crippen molar-refractivity contribution in [3.05, 3.63) is 72.1 Å². The molecule has 0 amide bonds. The molecule has 0 atom stereocenters. The van der Waals surface area contributed by atoms with E-state index in [1.54, 1.807) is 0 Å². The van der Waals surface area contributed by atoms with Crippen LogP contribution in [0, 0.1) is 0 Å². The number of ether oxygens (including phenoxy) is 2. The molecule has 1 aliphatic heterocycles. The van der Waals surface area contributed by atoms with Crippen LogP contribution >= 0.6 is 0 Å². The maximum atomic E-state index is 5.97. The van der Waals surface area contributed by atoms with Crippen molar-refractivity contribution in [1.82, 2.24) is 4.98 Å². The van der Waals surface area contributed by atoms with Crippen LogP contribution in [0.5, 0.6) is 11.5 Å². The zero-order valence-electron chi connectivity index (χ0n) is 11.5. The average Bonchev–Trinajstić information content (AvgIpc) is 2.54. The third kappa shape index (κ3) is 2.03. The number of hydrogen-bond acceptors (Lipinski definition) is 3. The summed E-state index contributed by atoms with van der Waals surface area (Å²) >= 11 is 0. The zero-order valence-corrected chi connectivity index (χ0v) is 11.5. The summed E-state index contributed by atoms with van der Waals surface area (Å²) in [5.74, 6) is 2.84. The molecular formula is C18H13NO2. The quantitative estimate of drug-likeness (QED) is 0.660. The topological polar surface area (TPSA) is 31.4 Å². The summed E-state index contributed by atoms with van der Waals surface area (Å²) in [5.41, 5.74) is 1.72. The Kier molecular flexibility index (Phi) is 2.64. The predicted molar refractivity (Wildman–Crippen MR) is 82.0 cm³/mol. The molecule has 2 heterocycles. The van der Waals surface area contributed by atoms with E-state index in [9.17, 15) is 0 Å². The first-order chi connectivity index (χ1) is 10.3. The largest absolute Gasteiger partial charge is 0.454 e. The van der Waals surface area contributed by atoms with Gasteiger partial charge in [0.05, 0.1) is 5.52 Å². The highest BCUT2D eigenvalue weighted by Gasteiger charge is 2.20. The van der Waals surface area contributed by atoms with Crippen LogP contribution in [0.2, 0.25) is 0 Å². The van der Waals surface area contributed by atoms with Crippen LogP contribution in [-0.2, 0) is 0 Å². The Morgan fingerprint density at radius 1 is 0.762 bits per heavy atom. The molecule has 0 radical (unpaired) electrons. The van der Waals surface area contributed by atoms with Gasteiger partial charge in [0.15, 0.2) is 17.3 Å². The van der Waals surface area contributed by atoms with Crippen LogP contribution in [0.25, 0.3) is 16.7 Å². The summed E-state index contributed by atoms with van der Waals surface area (Å²) in [6.07, 6.45) is 0. The second kappa shape index (κ2) is 4.63. The van der Waals surface area contributed by atoms with Gasteiger partial charge in [0.1, 0.15) is 11.5 Å². The number of fused-ring (bicyclic) bond motifs is 2. The minimum Gasteiger partial charge on any atom is -0.454 e. The van der Waals surface area contributed by atoms with Gasteiger partial charge in [0, 0.05) is 5.39 Å². The summed E-state index contributed by atoms with van der Waals surface area (Å²) < 4.78 is 11.8. The van der Waals surface area contributed by atoms with Crippen molar-refractivity contribution in [1.29, 1.82) is 0 Å². The number of allylic oxidation sites excluding steroid dienone is 1. The lowest BCUT2D eigenvalue weighted by Crippen LogP contribution is -2.10. The lowest BCUT2D eigenvalue weighted by molar-refractivity contribution is 0.346. The van der Waals surface area contributed by atoms with E-state index in [1.807, 2.05) is 67.6 Å². The van der Waals surface area contributed by atoms with Gasteiger partial charge in [0.25, 0.3) is 0 Å². The fraction of sp³-hybridized carbons (Fsp3) is 0.0556. The molecule has 3 aromatic rings. The Balaban J connectivity index is 1.81. The van der Waals surface area contributed by atoms with E-state index in [0.29, 0.717) is 11.5 Å². The lowest BCUT2D eigenvalue weighted by Gasteiger charge is -2.21. The van der Waals surface area contributed by atoms with Crippen LogP contribution in [0.1, 0.15) is 12.6 Å². The van der Waals surface area contributed by atoms with Crippen LogP contribution in [-0.4, -0.2) is 4.98 Å². The molecule has 0 N–H and O–H groups in total. The molecule has 2 aromatic carbocycles. The third-order valence-corrected chi connectivity index (χ3v) is 3.48. The molecule has 102 valence electrons. The van der Waals surface area contributed by atoms with Gasteiger partial charge in [-0.3, -0.25) is 0 Å². The van der Waals surface area contributed by atoms with Crippen molar-refractivity contribution in [2.75, 3.05) is 0 Å². The van der Waals surface area contributed by atoms with Crippen molar-refractivity contribution in [2.45, 2.75) is 6.92 Å². The van der Waals surface area contributed by atoms with E-state index in [-0.39, 0.29) is 0 Å². The Labute approximate surface area is 122 Å². The molecule has 0 unspecified atom stereocenters. The van der Waals surface area contributed by atoms with Gasteiger partial charge < -0.3 is 9.47 Å². The first-order valence-electron chi connectivity index (χ1n) is 6.83. The number of para-hydroxylation sites is 3. The normalized spacial score (nSPS) is 13.6. The Bertz CT molecular complexity index is 868. The summed E-state index contributed by atoms with van der Waals surface area (Å²) in [6.45, 7) is 1.89. The average molecular weight is 275 g/mol. The molecule has 1 aromatic heterocycles. The second-order valence-corrected chi connectivity index (χ2v) is 4.93. The Hall–Kier alpha value is -2.81. The van der Waals surface area contributed by atoms with E-state index in [2.05, 4.69) is 4.98 Å². The maximum Gasteiger partial charge on any atom is 0.191 e. The van der Waals surface area contributed by atoms with Gasteiger partial charge in [-0.2, -0.15) is 0 Å². The van der Waals surface area contributed by atoms with Crippen LogP contribution < -0.4 is 9.47 Å². The summed E-state index contributed by atoms with van der Waals surface area (Å²) in [7, 11) is 0. The molecule has 0 aliphatic carbocycles. The molecule has 0 fully saturated rings. The highest BCUT2D eigenvalue weighted by molar-refractivity contribution is 5.80. The molecular weight excluding hydrogens is 262 g/mol. The van der Waals surface area contributed by atoms with E-state index in [1.165, 1.54) is 0 Å². The first-order valence-corrected chi connectivity index (χ1v) is 6.83. The summed E-state index contributed by atoms with van der Waals surface area (Å²) in [4.78, 5) is 4.66. The monoisotopic (exact) mass is 275 g/mol. The molecule has 21 heavy (non-hydrogen) atoms. The Morgan fingerprint density at radius 2 is 1.48 bits per heavy atom. The van der Waals surface area contributed by atoms with Crippen molar-refractivity contribution in [2.24, 2.45) is 0 Å². The summed E-state index contributed by atoms with van der Waals surface area (Å²) in [5, 5.41) is 1.11. The number of pyridine rings is 1. The third-order valence-electron chi connectivity index (χ3n) is 3.48. The van der Waals surface area contributed by atoms with Crippen molar-refractivity contribution in [3.63, 3.8) is 0 Å². The van der Waals surface area contributed by atoms with Crippen LogP contribution in [0.4, 0.5) is 0 Å². The standard InChI is InChI=1S/C18H13NO2/c1-12-18(21-17-9-5-4-8-16(17)20-12)15-11-10-13-6-2-3-7-14(13)19-15/h2-11H,1H3. The zero-order chi connectivity index (χ0) is 14.2. The number of rotatable bonds is 1. The van der Waals surface area contributed by atoms with Crippen LogP contribution in [0.3, 0.4) is 0 Å². The minimum absolute atomic E-state index is 0.666. The molecule has 1 aliphatic rings. The molecule has 0 saturated carbocycles. The fourth-order valence-electron chi connectivity index (χ4n) is 2.44. The van der Waals surface area contributed by atoms with E-state index >= 15 is 0 Å². The van der Waals surface area contributed by atoms with Gasteiger partial charge in [-0.1, -0.05) is 36.4 Å². The highest BCUT2D eigenvalue weighted by atomic mass is 16.6. The van der Waals surface area contributed by atoms with E-state index in [0.717, 1.165) is 28.1 Å². The SMILES string of the molecule is CC1=C(c2ccc3ccccc3n2)Oc2ccccc2O1. The second-order valence-electron chi connectivity index (χ2n) is 4.93. The molecule has 0 saturated heterocycles. The van der Waals surface area contributed by atoms with Gasteiger partial charge in [0.2, 0.25) is 0 Å². The minimum atomic E-state index is 0.666. The van der Waals surface area contributed by atoms with E-state index < -0.39 is 0 Å². The van der Waals surface area contributed by atoms with Crippen LogP contribution in [0.15, 0.2) is 66.4 Å². The maximum absolute atomic E-state index is 5.97. The van der Waals surface area contributed by atoms with Gasteiger partial charge >= 0.3 is 0 Å². The van der Waals surface area contributed by atoms with Gasteiger partial charge in [-0.15, -0.1) is 0 Å². The first kappa shape index (κ1) is 12.0. The van der Waals surface area contributed by atoms with Gasteiger partial charge in [-0.25, -0.2) is 4.98 Å². The molecule has 0 spiro atoms. The number of nitrogens with zero attached hydrogens (tertiary/aromatic N) is 1. The van der Waals surface area contributed by atoms with Crippen molar-refractivity contribution in [3.8, 4) is 11.5 Å². The van der Waals surface area contributed by atoms with Gasteiger partial charge in [-0.05, 0) is 31.2 Å². The van der Waals surface area contributed by atoms with Crippen molar-refractivity contribution >= 4 is 16.7 Å². The van der Waals surface area contributed by atoms with Crippen molar-refractivity contribution < 1.29 is 9.47 Å². The Morgan fingerprint density at radius 3 is 2.33 bits per heavy atom. The smallest absolute Gasteiger partial charge is 0.191 e.